The van der Waals surface area contributed by atoms with Crippen LogP contribution in [-0.2, 0) is 0 Å². The summed E-state index contributed by atoms with van der Waals surface area (Å²) in [5, 5.41) is 13.9. The molecule has 0 unspecified atom stereocenters. The van der Waals surface area contributed by atoms with Gasteiger partial charge >= 0.3 is 0 Å². The van der Waals surface area contributed by atoms with Crippen LogP contribution in [0.3, 0.4) is 0 Å². The SMILES string of the molecule is Cc1ccc(C2=N[C@H](C(C)C)N[C@@H](c3cc(Br)ccc3O)C2)cc1. The number of phenols is 1. The molecule has 0 bridgehead atoms. The molecule has 2 aromatic carbocycles. The lowest BCUT2D eigenvalue weighted by Gasteiger charge is -2.32. The van der Waals surface area contributed by atoms with Crippen LogP contribution in [0.1, 0.15) is 43.0 Å². The van der Waals surface area contributed by atoms with Crippen molar-refractivity contribution in [1.82, 2.24) is 5.32 Å². The molecule has 3 rings (SSSR count). The van der Waals surface area contributed by atoms with Gasteiger partial charge in [-0.05, 0) is 36.6 Å². The van der Waals surface area contributed by atoms with Crippen molar-refractivity contribution in [3.05, 3.63) is 63.6 Å². The molecule has 0 aromatic heterocycles. The summed E-state index contributed by atoms with van der Waals surface area (Å²) in [4.78, 5) is 4.92. The molecule has 0 amide bonds. The van der Waals surface area contributed by atoms with Crippen molar-refractivity contribution >= 4 is 21.6 Å². The number of benzene rings is 2. The number of phenolic OH excluding ortho intramolecular Hbond substituents is 1. The third-order valence-corrected chi connectivity index (χ3v) is 4.94. The summed E-state index contributed by atoms with van der Waals surface area (Å²) in [5.74, 6) is 0.700. The Morgan fingerprint density at radius 2 is 1.88 bits per heavy atom. The monoisotopic (exact) mass is 386 g/mol. The highest BCUT2D eigenvalue weighted by Gasteiger charge is 2.28. The fourth-order valence-electron chi connectivity index (χ4n) is 3.00. The third kappa shape index (κ3) is 3.70. The molecule has 0 saturated heterocycles. The minimum Gasteiger partial charge on any atom is -0.508 e. The molecule has 126 valence electrons. The number of rotatable bonds is 3. The number of aromatic hydroxyl groups is 1. The van der Waals surface area contributed by atoms with E-state index in [1.54, 1.807) is 6.07 Å². The molecule has 1 aliphatic heterocycles. The van der Waals surface area contributed by atoms with Crippen LogP contribution in [-0.4, -0.2) is 17.0 Å². The van der Waals surface area contributed by atoms with E-state index in [0.717, 1.165) is 27.7 Å². The van der Waals surface area contributed by atoms with Gasteiger partial charge in [0.05, 0.1) is 0 Å². The molecule has 3 nitrogen and oxygen atoms in total. The molecule has 0 fully saturated rings. The van der Waals surface area contributed by atoms with Crippen LogP contribution in [0, 0.1) is 12.8 Å². The number of hydrogen-bond donors (Lipinski definition) is 2. The van der Waals surface area contributed by atoms with E-state index >= 15 is 0 Å². The molecule has 2 atom stereocenters. The van der Waals surface area contributed by atoms with Crippen molar-refractivity contribution in [1.29, 1.82) is 0 Å². The standard InChI is InChI=1S/C20H23BrN2O/c1-12(2)20-22-17(14-6-4-13(3)5-7-14)11-18(23-20)16-10-15(21)8-9-19(16)24/h4-10,12,18,20,23-24H,11H2,1-3H3/t18-,20+/m1/s1. The van der Waals surface area contributed by atoms with Gasteiger partial charge in [0, 0.05) is 28.2 Å². The summed E-state index contributed by atoms with van der Waals surface area (Å²) in [6.45, 7) is 6.42. The molecule has 0 aliphatic carbocycles. The molecule has 1 aliphatic rings. The first-order chi connectivity index (χ1) is 11.4. The second-order valence-corrected chi connectivity index (χ2v) is 7.67. The first-order valence-electron chi connectivity index (χ1n) is 8.32. The zero-order valence-electron chi connectivity index (χ0n) is 14.3. The van der Waals surface area contributed by atoms with Crippen molar-refractivity contribution in [3.63, 3.8) is 0 Å². The Bertz CT molecular complexity index is 753. The van der Waals surface area contributed by atoms with E-state index in [-0.39, 0.29) is 12.2 Å². The van der Waals surface area contributed by atoms with Crippen LogP contribution in [0.4, 0.5) is 0 Å². The molecule has 0 spiro atoms. The van der Waals surface area contributed by atoms with Crippen molar-refractivity contribution < 1.29 is 5.11 Å². The van der Waals surface area contributed by atoms with Crippen molar-refractivity contribution in [2.24, 2.45) is 10.9 Å². The van der Waals surface area contributed by atoms with E-state index in [1.807, 2.05) is 12.1 Å². The number of nitrogens with zero attached hydrogens (tertiary/aromatic N) is 1. The maximum atomic E-state index is 10.3. The zero-order chi connectivity index (χ0) is 17.3. The fraction of sp³-hybridized carbons (Fsp3) is 0.350. The van der Waals surface area contributed by atoms with Crippen LogP contribution in [0.25, 0.3) is 0 Å². The number of nitrogens with one attached hydrogen (secondary N) is 1. The van der Waals surface area contributed by atoms with E-state index in [4.69, 9.17) is 4.99 Å². The Kier molecular flexibility index (Phi) is 5.07. The second-order valence-electron chi connectivity index (χ2n) is 6.76. The molecular weight excluding hydrogens is 364 g/mol. The van der Waals surface area contributed by atoms with E-state index < -0.39 is 0 Å². The molecule has 2 aromatic rings. The summed E-state index contributed by atoms with van der Waals surface area (Å²) in [6, 6.07) is 14.1. The minimum absolute atomic E-state index is 0.0402. The van der Waals surface area contributed by atoms with Gasteiger partial charge in [-0.2, -0.15) is 0 Å². The van der Waals surface area contributed by atoms with Crippen molar-refractivity contribution in [3.8, 4) is 5.75 Å². The van der Waals surface area contributed by atoms with Gasteiger partial charge in [0.1, 0.15) is 11.9 Å². The average molecular weight is 387 g/mol. The van der Waals surface area contributed by atoms with Gasteiger partial charge in [-0.15, -0.1) is 0 Å². The summed E-state index contributed by atoms with van der Waals surface area (Å²) in [5.41, 5.74) is 4.41. The number of aliphatic imine (C=N–C) groups is 1. The van der Waals surface area contributed by atoms with Crippen molar-refractivity contribution in [2.45, 2.75) is 39.4 Å². The number of hydrogen-bond acceptors (Lipinski definition) is 3. The first-order valence-corrected chi connectivity index (χ1v) is 9.11. The lowest BCUT2D eigenvalue weighted by atomic mass is 9.93. The van der Waals surface area contributed by atoms with E-state index in [1.165, 1.54) is 5.56 Å². The minimum atomic E-state index is 0.0402. The van der Waals surface area contributed by atoms with Gasteiger partial charge in [-0.3, -0.25) is 10.3 Å². The highest BCUT2D eigenvalue weighted by Crippen LogP contribution is 2.33. The topological polar surface area (TPSA) is 44.6 Å². The van der Waals surface area contributed by atoms with Gasteiger partial charge < -0.3 is 5.11 Å². The Morgan fingerprint density at radius 1 is 1.17 bits per heavy atom. The number of halogens is 1. The molecular formula is C20H23BrN2O. The Balaban J connectivity index is 1.97. The average Bonchev–Trinajstić information content (AvgIpc) is 2.57. The van der Waals surface area contributed by atoms with Crippen molar-refractivity contribution in [2.75, 3.05) is 0 Å². The highest BCUT2D eigenvalue weighted by molar-refractivity contribution is 9.10. The molecule has 0 saturated carbocycles. The van der Waals surface area contributed by atoms with E-state index in [9.17, 15) is 5.11 Å². The van der Waals surface area contributed by atoms with Crippen LogP contribution in [0.5, 0.6) is 5.75 Å². The summed E-state index contributed by atoms with van der Waals surface area (Å²) in [7, 11) is 0. The summed E-state index contributed by atoms with van der Waals surface area (Å²) < 4.78 is 0.970. The molecule has 1 heterocycles. The summed E-state index contributed by atoms with van der Waals surface area (Å²) >= 11 is 3.51. The summed E-state index contributed by atoms with van der Waals surface area (Å²) in [6.07, 6.45) is 0.800. The van der Waals surface area contributed by atoms with E-state index in [0.29, 0.717) is 11.7 Å². The quantitative estimate of drug-likeness (QED) is 0.781. The molecule has 24 heavy (non-hydrogen) atoms. The molecule has 4 heteroatoms. The van der Waals surface area contributed by atoms with Gasteiger partial charge in [0.25, 0.3) is 0 Å². The Labute approximate surface area is 152 Å². The van der Waals surface area contributed by atoms with Gasteiger partial charge in [-0.1, -0.05) is 59.6 Å². The predicted octanol–water partition coefficient (Wildman–Crippen LogP) is 4.97. The van der Waals surface area contributed by atoms with E-state index in [2.05, 4.69) is 66.3 Å². The molecule has 0 radical (unpaired) electrons. The smallest absolute Gasteiger partial charge is 0.120 e. The maximum absolute atomic E-state index is 10.3. The highest BCUT2D eigenvalue weighted by atomic mass is 79.9. The van der Waals surface area contributed by atoms with Crippen LogP contribution in [0.15, 0.2) is 51.9 Å². The van der Waals surface area contributed by atoms with Crippen LogP contribution in [0.2, 0.25) is 0 Å². The fourth-order valence-corrected chi connectivity index (χ4v) is 3.38. The van der Waals surface area contributed by atoms with Gasteiger partial charge in [-0.25, -0.2) is 0 Å². The largest absolute Gasteiger partial charge is 0.508 e. The Hall–Kier alpha value is -1.65. The molecule has 2 N–H and O–H groups in total. The van der Waals surface area contributed by atoms with Crippen LogP contribution < -0.4 is 5.32 Å². The predicted molar refractivity (Wildman–Crippen MR) is 103 cm³/mol. The van der Waals surface area contributed by atoms with Gasteiger partial charge in [0.2, 0.25) is 0 Å². The van der Waals surface area contributed by atoms with Crippen LogP contribution >= 0.6 is 15.9 Å². The number of aryl methyl sites for hydroxylation is 1. The zero-order valence-corrected chi connectivity index (χ0v) is 15.8. The third-order valence-electron chi connectivity index (χ3n) is 4.45. The lowest BCUT2D eigenvalue weighted by Crippen LogP contribution is -2.41. The second kappa shape index (κ2) is 7.08. The first kappa shape index (κ1) is 17.2. The lowest BCUT2D eigenvalue weighted by molar-refractivity contribution is 0.345. The normalized spacial score (nSPS) is 21.0. The maximum Gasteiger partial charge on any atom is 0.120 e. The van der Waals surface area contributed by atoms with Gasteiger partial charge in [0.15, 0.2) is 0 Å². The Morgan fingerprint density at radius 3 is 2.54 bits per heavy atom.